The number of rotatable bonds is 4. The van der Waals surface area contributed by atoms with Crippen LogP contribution in [0.15, 0.2) is 12.2 Å². The number of amides is 1. The number of sulfone groups is 1. The molecule has 1 amide bonds. The summed E-state index contributed by atoms with van der Waals surface area (Å²) in [7, 11) is -3.09. The molecule has 6 nitrogen and oxygen atoms in total. The fourth-order valence-corrected chi connectivity index (χ4v) is 5.70. The Morgan fingerprint density at radius 1 is 1.19 bits per heavy atom. The summed E-state index contributed by atoms with van der Waals surface area (Å²) in [6.07, 6.45) is 5.71. The monoisotopic (exact) mass is 313 g/mol. The van der Waals surface area contributed by atoms with E-state index in [4.69, 9.17) is 0 Å². The second kappa shape index (κ2) is 5.12. The Bertz CT molecular complexity index is 596. The summed E-state index contributed by atoms with van der Waals surface area (Å²) in [6.45, 7) is 0.102. The number of carboxylic acids is 1. The smallest absolute Gasteiger partial charge is 0.307 e. The van der Waals surface area contributed by atoms with Gasteiger partial charge in [0.15, 0.2) is 9.84 Å². The minimum Gasteiger partial charge on any atom is -0.481 e. The molecule has 0 radical (unpaired) electrons. The highest BCUT2D eigenvalue weighted by Crippen LogP contribution is 2.48. The van der Waals surface area contributed by atoms with Gasteiger partial charge in [0.25, 0.3) is 0 Å². The number of carbonyl (C=O) groups is 2. The van der Waals surface area contributed by atoms with Crippen LogP contribution >= 0.6 is 0 Å². The molecule has 3 aliphatic rings. The van der Waals surface area contributed by atoms with Gasteiger partial charge in [0, 0.05) is 6.54 Å². The molecule has 1 aliphatic heterocycles. The van der Waals surface area contributed by atoms with E-state index >= 15 is 0 Å². The third kappa shape index (κ3) is 2.47. The van der Waals surface area contributed by atoms with E-state index in [-0.39, 0.29) is 30.0 Å². The topological polar surface area (TPSA) is 101 Å². The molecule has 1 saturated carbocycles. The van der Waals surface area contributed by atoms with Crippen molar-refractivity contribution in [1.82, 2.24) is 5.32 Å². The molecule has 5 atom stereocenters. The number of aliphatic carboxylic acids is 1. The van der Waals surface area contributed by atoms with Gasteiger partial charge in [-0.15, -0.1) is 0 Å². The highest BCUT2D eigenvalue weighted by atomic mass is 32.2. The molecule has 0 aromatic rings. The molecule has 2 fully saturated rings. The zero-order chi connectivity index (χ0) is 15.2. The lowest BCUT2D eigenvalue weighted by atomic mass is 9.82. The zero-order valence-corrected chi connectivity index (χ0v) is 12.4. The number of fused-ring (bicyclic) bond motifs is 2. The van der Waals surface area contributed by atoms with Gasteiger partial charge in [0.1, 0.15) is 0 Å². The quantitative estimate of drug-likeness (QED) is 0.722. The van der Waals surface area contributed by atoms with Gasteiger partial charge in [0.2, 0.25) is 5.91 Å². The van der Waals surface area contributed by atoms with Crippen molar-refractivity contribution >= 4 is 21.7 Å². The maximum Gasteiger partial charge on any atom is 0.307 e. The highest BCUT2D eigenvalue weighted by Gasteiger charge is 2.51. The van der Waals surface area contributed by atoms with Crippen molar-refractivity contribution in [1.29, 1.82) is 0 Å². The first-order chi connectivity index (χ1) is 9.90. The number of hydrogen-bond acceptors (Lipinski definition) is 4. The molecule has 0 spiro atoms. The first-order valence-corrected chi connectivity index (χ1v) is 9.02. The van der Waals surface area contributed by atoms with Crippen LogP contribution in [-0.2, 0) is 19.4 Å². The van der Waals surface area contributed by atoms with Gasteiger partial charge in [-0.25, -0.2) is 8.42 Å². The maximum absolute atomic E-state index is 12.3. The molecular weight excluding hydrogens is 294 g/mol. The Balaban J connectivity index is 1.65. The largest absolute Gasteiger partial charge is 0.481 e. The Morgan fingerprint density at radius 2 is 1.86 bits per heavy atom. The summed E-state index contributed by atoms with van der Waals surface area (Å²) < 4.78 is 23.5. The lowest BCUT2D eigenvalue weighted by molar-refractivity contribution is -0.147. The molecule has 116 valence electrons. The summed E-state index contributed by atoms with van der Waals surface area (Å²) in [6, 6.07) is 0. The first kappa shape index (κ1) is 14.6. The van der Waals surface area contributed by atoms with Crippen molar-refractivity contribution in [3.63, 3.8) is 0 Å². The molecule has 1 saturated heterocycles. The van der Waals surface area contributed by atoms with E-state index in [1.165, 1.54) is 0 Å². The number of carbonyl (C=O) groups excluding carboxylic acids is 1. The fourth-order valence-electron chi connectivity index (χ4n) is 3.94. The normalized spacial score (nSPS) is 39.5. The average Bonchev–Trinajstić information content (AvgIpc) is 3.09. The number of nitrogens with one attached hydrogen (secondary N) is 1. The first-order valence-electron chi connectivity index (χ1n) is 7.30. The predicted octanol–water partition coefficient (Wildman–Crippen LogP) is 0.203. The molecule has 0 aromatic heterocycles. The summed E-state index contributed by atoms with van der Waals surface area (Å²) in [4.78, 5) is 23.7. The molecule has 2 aliphatic carbocycles. The van der Waals surface area contributed by atoms with E-state index < -0.39 is 32.9 Å². The van der Waals surface area contributed by atoms with Crippen molar-refractivity contribution in [2.45, 2.75) is 24.5 Å². The lowest BCUT2D eigenvalue weighted by Crippen LogP contribution is -2.43. The van der Waals surface area contributed by atoms with Crippen LogP contribution in [0.5, 0.6) is 0 Å². The Kier molecular flexibility index (Phi) is 3.55. The van der Waals surface area contributed by atoms with Crippen molar-refractivity contribution in [3.8, 4) is 0 Å². The SMILES string of the molecule is O=C(O)C1C2C=CC(C2)C1C(=O)NCC1CCCS1(=O)=O. The van der Waals surface area contributed by atoms with Crippen LogP contribution in [0.2, 0.25) is 0 Å². The maximum atomic E-state index is 12.3. The molecule has 0 aromatic carbocycles. The van der Waals surface area contributed by atoms with Gasteiger partial charge >= 0.3 is 5.97 Å². The van der Waals surface area contributed by atoms with Crippen LogP contribution in [0.25, 0.3) is 0 Å². The van der Waals surface area contributed by atoms with Crippen LogP contribution in [-0.4, -0.2) is 42.9 Å². The highest BCUT2D eigenvalue weighted by molar-refractivity contribution is 7.92. The van der Waals surface area contributed by atoms with Crippen LogP contribution in [0.4, 0.5) is 0 Å². The second-order valence-electron chi connectivity index (χ2n) is 6.21. The number of allylic oxidation sites excluding steroid dienone is 2. The van der Waals surface area contributed by atoms with Crippen LogP contribution in [0.1, 0.15) is 19.3 Å². The zero-order valence-electron chi connectivity index (χ0n) is 11.6. The number of carboxylic acid groups (broad SMARTS) is 1. The minimum atomic E-state index is -3.09. The fraction of sp³-hybridized carbons (Fsp3) is 0.714. The van der Waals surface area contributed by atoms with E-state index in [0.29, 0.717) is 19.3 Å². The van der Waals surface area contributed by atoms with Gasteiger partial charge in [-0.05, 0) is 31.1 Å². The van der Waals surface area contributed by atoms with E-state index in [0.717, 1.165) is 0 Å². The molecule has 7 heteroatoms. The predicted molar refractivity (Wildman–Crippen MR) is 75.2 cm³/mol. The van der Waals surface area contributed by atoms with Crippen molar-refractivity contribution < 1.29 is 23.1 Å². The van der Waals surface area contributed by atoms with Crippen LogP contribution in [0.3, 0.4) is 0 Å². The molecule has 2 N–H and O–H groups in total. The van der Waals surface area contributed by atoms with Gasteiger partial charge in [-0.3, -0.25) is 9.59 Å². The molecule has 3 rings (SSSR count). The van der Waals surface area contributed by atoms with E-state index in [9.17, 15) is 23.1 Å². The Labute approximate surface area is 123 Å². The minimum absolute atomic E-state index is 0.0312. The summed E-state index contributed by atoms with van der Waals surface area (Å²) in [5.41, 5.74) is 0. The molecule has 2 bridgehead atoms. The molecule has 21 heavy (non-hydrogen) atoms. The van der Waals surface area contributed by atoms with Gasteiger partial charge in [0.05, 0.1) is 22.8 Å². The summed E-state index contributed by atoms with van der Waals surface area (Å²) in [5, 5.41) is 11.5. The molecular formula is C14H19NO5S. The summed E-state index contributed by atoms with van der Waals surface area (Å²) in [5.74, 6) is -2.43. The van der Waals surface area contributed by atoms with E-state index in [2.05, 4.69) is 5.32 Å². The van der Waals surface area contributed by atoms with Crippen LogP contribution in [0, 0.1) is 23.7 Å². The van der Waals surface area contributed by atoms with Crippen LogP contribution < -0.4 is 5.32 Å². The van der Waals surface area contributed by atoms with Gasteiger partial charge in [-0.1, -0.05) is 12.2 Å². The van der Waals surface area contributed by atoms with Crippen molar-refractivity contribution in [2.24, 2.45) is 23.7 Å². The standard InChI is InChI=1S/C14H19NO5S/c16-13(15-7-10-2-1-5-21(10,19)20)11-8-3-4-9(6-8)12(11)14(17)18/h3-4,8-12H,1-2,5-7H2,(H,15,16)(H,17,18). The van der Waals surface area contributed by atoms with Gasteiger partial charge < -0.3 is 10.4 Å². The second-order valence-corrected chi connectivity index (χ2v) is 8.62. The van der Waals surface area contributed by atoms with E-state index in [1.54, 1.807) is 0 Å². The lowest BCUT2D eigenvalue weighted by Gasteiger charge is -2.24. The third-order valence-electron chi connectivity index (χ3n) is 5.01. The van der Waals surface area contributed by atoms with Crippen molar-refractivity contribution in [2.75, 3.05) is 12.3 Å². The molecule has 1 heterocycles. The number of hydrogen-bond donors (Lipinski definition) is 2. The Hall–Kier alpha value is -1.37. The molecule has 5 unspecified atom stereocenters. The van der Waals surface area contributed by atoms with Crippen molar-refractivity contribution in [3.05, 3.63) is 12.2 Å². The van der Waals surface area contributed by atoms with Gasteiger partial charge in [-0.2, -0.15) is 0 Å². The Morgan fingerprint density at radius 3 is 2.43 bits per heavy atom. The third-order valence-corrected chi connectivity index (χ3v) is 7.29. The van der Waals surface area contributed by atoms with E-state index in [1.807, 2.05) is 12.2 Å². The summed E-state index contributed by atoms with van der Waals surface area (Å²) >= 11 is 0. The average molecular weight is 313 g/mol.